The molecule has 1 aliphatic rings. The summed E-state index contributed by atoms with van der Waals surface area (Å²) in [5.41, 5.74) is 1.18. The van der Waals surface area contributed by atoms with E-state index in [-0.39, 0.29) is 12.5 Å². The van der Waals surface area contributed by atoms with Crippen LogP contribution >= 0.6 is 11.6 Å². The summed E-state index contributed by atoms with van der Waals surface area (Å²) in [6.45, 7) is 0.275. The molecule has 0 bridgehead atoms. The zero-order chi connectivity index (χ0) is 15.6. The van der Waals surface area contributed by atoms with Gasteiger partial charge in [0.15, 0.2) is 0 Å². The monoisotopic (exact) mass is 319 g/mol. The highest BCUT2D eigenvalue weighted by molar-refractivity contribution is 6.30. The molecular formula is C16H18ClN3O2. The van der Waals surface area contributed by atoms with Gasteiger partial charge in [0.2, 0.25) is 0 Å². The number of rotatable bonds is 4. The van der Waals surface area contributed by atoms with Crippen LogP contribution in [0.2, 0.25) is 5.02 Å². The molecule has 1 heterocycles. The molecule has 5 nitrogen and oxygen atoms in total. The SMILES string of the molecule is O=C(NCC1(O)CCCC1)c1cn[nH]c1-c1ccc(Cl)cc1. The lowest BCUT2D eigenvalue weighted by Crippen LogP contribution is -2.40. The van der Waals surface area contributed by atoms with Gasteiger partial charge in [0.1, 0.15) is 0 Å². The van der Waals surface area contributed by atoms with Crippen molar-refractivity contribution in [2.24, 2.45) is 0 Å². The molecule has 2 aromatic rings. The number of aliphatic hydroxyl groups is 1. The lowest BCUT2D eigenvalue weighted by molar-refractivity contribution is 0.0450. The average Bonchev–Trinajstić information content (AvgIpc) is 3.15. The van der Waals surface area contributed by atoms with Crippen molar-refractivity contribution in [1.29, 1.82) is 0 Å². The Balaban J connectivity index is 1.73. The number of carbonyl (C=O) groups is 1. The second kappa shape index (κ2) is 6.10. The minimum atomic E-state index is -0.764. The second-order valence-electron chi connectivity index (χ2n) is 5.78. The van der Waals surface area contributed by atoms with Crippen LogP contribution in [0.5, 0.6) is 0 Å². The normalized spacial score (nSPS) is 16.6. The summed E-state index contributed by atoms with van der Waals surface area (Å²) in [6, 6.07) is 7.19. The Morgan fingerprint density at radius 2 is 2.00 bits per heavy atom. The standard InChI is InChI=1S/C16H18ClN3O2/c17-12-5-3-11(4-6-12)14-13(9-19-20-14)15(21)18-10-16(22)7-1-2-8-16/h3-6,9,22H,1-2,7-8,10H2,(H,18,21)(H,19,20). The lowest BCUT2D eigenvalue weighted by Gasteiger charge is -2.22. The molecule has 0 aliphatic heterocycles. The second-order valence-corrected chi connectivity index (χ2v) is 6.22. The van der Waals surface area contributed by atoms with Crippen LogP contribution in [0.4, 0.5) is 0 Å². The molecule has 1 fully saturated rings. The van der Waals surface area contributed by atoms with Crippen molar-refractivity contribution in [3.63, 3.8) is 0 Å². The molecular weight excluding hydrogens is 302 g/mol. The first kappa shape index (κ1) is 15.1. The molecule has 116 valence electrons. The summed E-state index contributed by atoms with van der Waals surface area (Å²) in [5, 5.41) is 20.6. The van der Waals surface area contributed by atoms with Gasteiger partial charge in [-0.3, -0.25) is 9.89 Å². The minimum absolute atomic E-state index is 0.237. The summed E-state index contributed by atoms with van der Waals surface area (Å²) < 4.78 is 0. The van der Waals surface area contributed by atoms with E-state index in [0.29, 0.717) is 16.3 Å². The van der Waals surface area contributed by atoms with Crippen molar-refractivity contribution >= 4 is 17.5 Å². The van der Waals surface area contributed by atoms with Gasteiger partial charge in [0, 0.05) is 17.1 Å². The highest BCUT2D eigenvalue weighted by Gasteiger charge is 2.31. The van der Waals surface area contributed by atoms with Gasteiger partial charge in [-0.15, -0.1) is 0 Å². The van der Waals surface area contributed by atoms with Crippen molar-refractivity contribution < 1.29 is 9.90 Å². The number of nitrogens with one attached hydrogen (secondary N) is 2. The van der Waals surface area contributed by atoms with Crippen LogP contribution in [0, 0.1) is 0 Å². The molecule has 22 heavy (non-hydrogen) atoms. The third kappa shape index (κ3) is 3.15. The summed E-state index contributed by atoms with van der Waals surface area (Å²) in [6.07, 6.45) is 4.99. The summed E-state index contributed by atoms with van der Waals surface area (Å²) in [5.74, 6) is -0.237. The Bertz CT molecular complexity index is 660. The zero-order valence-electron chi connectivity index (χ0n) is 12.1. The van der Waals surface area contributed by atoms with Gasteiger partial charge in [0.05, 0.1) is 23.1 Å². The fourth-order valence-electron chi connectivity index (χ4n) is 2.84. The van der Waals surface area contributed by atoms with E-state index in [2.05, 4.69) is 15.5 Å². The van der Waals surface area contributed by atoms with E-state index in [0.717, 1.165) is 31.2 Å². The van der Waals surface area contributed by atoms with Gasteiger partial charge in [-0.1, -0.05) is 36.6 Å². The first-order valence-electron chi connectivity index (χ1n) is 7.37. The minimum Gasteiger partial charge on any atom is -0.388 e. The molecule has 1 saturated carbocycles. The van der Waals surface area contributed by atoms with Gasteiger partial charge < -0.3 is 10.4 Å². The zero-order valence-corrected chi connectivity index (χ0v) is 12.9. The van der Waals surface area contributed by atoms with Crippen molar-refractivity contribution in [2.45, 2.75) is 31.3 Å². The van der Waals surface area contributed by atoms with E-state index in [9.17, 15) is 9.90 Å². The predicted molar refractivity (Wildman–Crippen MR) is 84.8 cm³/mol. The Hall–Kier alpha value is -1.85. The fourth-order valence-corrected chi connectivity index (χ4v) is 2.97. The molecule has 1 aromatic heterocycles. The number of aromatic amines is 1. The number of benzene rings is 1. The molecule has 1 aromatic carbocycles. The number of amides is 1. The maximum Gasteiger partial charge on any atom is 0.255 e. The van der Waals surface area contributed by atoms with Gasteiger partial charge in [-0.2, -0.15) is 5.10 Å². The maximum atomic E-state index is 12.4. The Morgan fingerprint density at radius 1 is 1.32 bits per heavy atom. The number of aromatic nitrogens is 2. The largest absolute Gasteiger partial charge is 0.388 e. The first-order valence-corrected chi connectivity index (χ1v) is 7.75. The van der Waals surface area contributed by atoms with E-state index in [1.54, 1.807) is 12.1 Å². The number of hydrogen-bond donors (Lipinski definition) is 3. The number of carbonyl (C=O) groups excluding carboxylic acids is 1. The highest BCUT2D eigenvalue weighted by atomic mass is 35.5. The Kier molecular flexibility index (Phi) is 4.18. The van der Waals surface area contributed by atoms with Crippen molar-refractivity contribution in [3.05, 3.63) is 41.0 Å². The average molecular weight is 320 g/mol. The first-order chi connectivity index (χ1) is 10.6. The van der Waals surface area contributed by atoms with Crippen LogP contribution in [0.15, 0.2) is 30.5 Å². The van der Waals surface area contributed by atoms with E-state index >= 15 is 0 Å². The lowest BCUT2D eigenvalue weighted by atomic mass is 10.0. The molecule has 0 saturated heterocycles. The van der Waals surface area contributed by atoms with E-state index in [1.165, 1.54) is 6.20 Å². The summed E-state index contributed by atoms with van der Waals surface area (Å²) in [7, 11) is 0. The van der Waals surface area contributed by atoms with Crippen LogP contribution in [-0.4, -0.2) is 33.4 Å². The number of nitrogens with zero attached hydrogens (tertiary/aromatic N) is 1. The molecule has 6 heteroatoms. The highest BCUT2D eigenvalue weighted by Crippen LogP contribution is 2.29. The summed E-state index contributed by atoms with van der Waals surface area (Å²) in [4.78, 5) is 12.4. The molecule has 3 rings (SSSR count). The topological polar surface area (TPSA) is 78.0 Å². The number of hydrogen-bond acceptors (Lipinski definition) is 3. The Morgan fingerprint density at radius 3 is 2.68 bits per heavy atom. The molecule has 0 atom stereocenters. The van der Waals surface area contributed by atoms with Crippen molar-refractivity contribution in [1.82, 2.24) is 15.5 Å². The van der Waals surface area contributed by atoms with Crippen LogP contribution in [0.1, 0.15) is 36.0 Å². The van der Waals surface area contributed by atoms with E-state index < -0.39 is 5.60 Å². The Labute approximate surface area is 133 Å². The van der Waals surface area contributed by atoms with Crippen molar-refractivity contribution in [2.75, 3.05) is 6.54 Å². The van der Waals surface area contributed by atoms with E-state index in [1.807, 2.05) is 12.1 Å². The molecule has 1 aliphatic carbocycles. The van der Waals surface area contributed by atoms with Gasteiger partial charge >= 0.3 is 0 Å². The third-order valence-electron chi connectivity index (χ3n) is 4.13. The molecule has 3 N–H and O–H groups in total. The number of H-pyrrole nitrogens is 1. The van der Waals surface area contributed by atoms with Crippen LogP contribution < -0.4 is 5.32 Å². The van der Waals surface area contributed by atoms with Crippen LogP contribution in [0.3, 0.4) is 0 Å². The predicted octanol–water partition coefficient (Wildman–Crippen LogP) is 2.77. The third-order valence-corrected chi connectivity index (χ3v) is 4.38. The van der Waals surface area contributed by atoms with Gasteiger partial charge in [-0.25, -0.2) is 0 Å². The summed E-state index contributed by atoms with van der Waals surface area (Å²) >= 11 is 5.88. The molecule has 0 unspecified atom stereocenters. The molecule has 1 amide bonds. The number of halogens is 1. The maximum absolute atomic E-state index is 12.4. The molecule has 0 spiro atoms. The van der Waals surface area contributed by atoms with Gasteiger partial charge in [-0.05, 0) is 25.0 Å². The van der Waals surface area contributed by atoms with Crippen molar-refractivity contribution in [3.8, 4) is 11.3 Å². The van der Waals surface area contributed by atoms with E-state index in [4.69, 9.17) is 11.6 Å². The smallest absolute Gasteiger partial charge is 0.255 e. The van der Waals surface area contributed by atoms with Gasteiger partial charge in [0.25, 0.3) is 5.91 Å². The quantitative estimate of drug-likeness (QED) is 0.811. The molecule has 0 radical (unpaired) electrons. The van der Waals surface area contributed by atoms with Crippen LogP contribution in [-0.2, 0) is 0 Å². The fraction of sp³-hybridized carbons (Fsp3) is 0.375. The van der Waals surface area contributed by atoms with Crippen LogP contribution in [0.25, 0.3) is 11.3 Å².